The van der Waals surface area contributed by atoms with Gasteiger partial charge in [-0.1, -0.05) is 6.42 Å². The van der Waals surface area contributed by atoms with Gasteiger partial charge < -0.3 is 10.5 Å². The Kier molecular flexibility index (Phi) is 2.66. The maximum atomic E-state index is 6.05. The molecule has 0 aromatic carbocycles. The molecular formula is C12H16BrNOS. The molecule has 2 aliphatic rings. The minimum atomic E-state index is 0.219. The Labute approximate surface area is 108 Å². The Morgan fingerprint density at radius 3 is 2.50 bits per heavy atom. The first-order chi connectivity index (χ1) is 7.72. The van der Waals surface area contributed by atoms with Crippen molar-refractivity contribution in [2.24, 2.45) is 11.1 Å². The Hall–Kier alpha value is 0.1000. The average molecular weight is 302 g/mol. The lowest BCUT2D eigenvalue weighted by atomic mass is 9.51. The van der Waals surface area contributed by atoms with E-state index in [9.17, 15) is 0 Å². The van der Waals surface area contributed by atoms with E-state index in [4.69, 9.17) is 10.5 Å². The van der Waals surface area contributed by atoms with E-state index in [1.807, 2.05) is 11.3 Å². The Morgan fingerprint density at radius 1 is 1.44 bits per heavy atom. The minimum Gasteiger partial charge on any atom is -0.379 e. The van der Waals surface area contributed by atoms with E-state index in [1.54, 1.807) is 0 Å². The van der Waals surface area contributed by atoms with Gasteiger partial charge in [0.15, 0.2) is 0 Å². The Balaban J connectivity index is 1.99. The highest BCUT2D eigenvalue weighted by Crippen LogP contribution is 2.58. The van der Waals surface area contributed by atoms with Crippen LogP contribution in [0.1, 0.15) is 24.1 Å². The van der Waals surface area contributed by atoms with E-state index in [1.165, 1.54) is 28.6 Å². The number of rotatable bonds is 3. The maximum Gasteiger partial charge on any atom is 0.0599 e. The van der Waals surface area contributed by atoms with Gasteiger partial charge in [-0.05, 0) is 46.8 Å². The van der Waals surface area contributed by atoms with Crippen LogP contribution in [0.25, 0.3) is 0 Å². The molecule has 0 atom stereocenters. The molecule has 2 fully saturated rings. The lowest BCUT2D eigenvalue weighted by molar-refractivity contribution is -0.152. The molecule has 0 bridgehead atoms. The normalized spacial score (nSPS) is 25.9. The fourth-order valence-electron chi connectivity index (χ4n) is 3.06. The first-order valence-electron chi connectivity index (χ1n) is 5.75. The number of thiophene rings is 1. The second-order valence-corrected chi connectivity index (χ2v) is 6.87. The van der Waals surface area contributed by atoms with E-state index in [2.05, 4.69) is 27.4 Å². The molecule has 1 saturated carbocycles. The number of halogens is 1. The fourth-order valence-corrected chi connectivity index (χ4v) is 4.78. The van der Waals surface area contributed by atoms with Crippen LogP contribution in [-0.4, -0.2) is 19.8 Å². The fraction of sp³-hybridized carbons (Fsp3) is 0.667. The predicted octanol–water partition coefficient (Wildman–Crippen LogP) is 2.91. The zero-order valence-electron chi connectivity index (χ0n) is 9.17. The summed E-state index contributed by atoms with van der Waals surface area (Å²) in [4.78, 5) is 1.45. The van der Waals surface area contributed by atoms with Crippen molar-refractivity contribution in [2.45, 2.75) is 24.7 Å². The van der Waals surface area contributed by atoms with Crippen LogP contribution in [0.3, 0.4) is 0 Å². The first-order valence-corrected chi connectivity index (χ1v) is 7.42. The SMILES string of the molecule is NCC1(C2(c3cc(Br)cs3)COC2)CCC1. The third-order valence-electron chi connectivity index (χ3n) is 4.45. The Morgan fingerprint density at radius 2 is 2.19 bits per heavy atom. The molecule has 0 unspecified atom stereocenters. The topological polar surface area (TPSA) is 35.2 Å². The molecule has 0 radical (unpaired) electrons. The van der Waals surface area contributed by atoms with Gasteiger partial charge in [-0.15, -0.1) is 11.3 Å². The molecule has 1 aliphatic carbocycles. The summed E-state index contributed by atoms with van der Waals surface area (Å²) < 4.78 is 6.71. The second-order valence-electron chi connectivity index (χ2n) is 5.04. The summed E-state index contributed by atoms with van der Waals surface area (Å²) in [5.41, 5.74) is 6.58. The number of nitrogens with two attached hydrogens (primary N) is 1. The zero-order chi connectivity index (χ0) is 11.2. The van der Waals surface area contributed by atoms with Gasteiger partial charge in [0.1, 0.15) is 0 Å². The average Bonchev–Trinajstić information content (AvgIpc) is 2.55. The van der Waals surface area contributed by atoms with Crippen LogP contribution in [0.4, 0.5) is 0 Å². The standard InChI is InChI=1S/C12H16BrNOS/c13-9-4-10(16-5-9)12(7-15-8-12)11(6-14)2-1-3-11/h4-5H,1-3,6-8,14H2. The van der Waals surface area contributed by atoms with Crippen molar-refractivity contribution in [3.05, 3.63) is 20.8 Å². The van der Waals surface area contributed by atoms with E-state index in [-0.39, 0.29) is 5.41 Å². The van der Waals surface area contributed by atoms with Crippen LogP contribution < -0.4 is 5.73 Å². The molecule has 2 heterocycles. The molecule has 2 N–H and O–H groups in total. The van der Waals surface area contributed by atoms with E-state index in [0.717, 1.165) is 19.8 Å². The highest BCUT2D eigenvalue weighted by atomic mass is 79.9. The largest absolute Gasteiger partial charge is 0.379 e. The minimum absolute atomic E-state index is 0.219. The lowest BCUT2D eigenvalue weighted by Crippen LogP contribution is -2.64. The van der Waals surface area contributed by atoms with Gasteiger partial charge in [-0.25, -0.2) is 0 Å². The van der Waals surface area contributed by atoms with Gasteiger partial charge in [0, 0.05) is 14.7 Å². The molecule has 16 heavy (non-hydrogen) atoms. The second kappa shape index (κ2) is 3.80. The number of hydrogen-bond donors (Lipinski definition) is 1. The van der Waals surface area contributed by atoms with Gasteiger partial charge in [-0.3, -0.25) is 0 Å². The lowest BCUT2D eigenvalue weighted by Gasteiger charge is -2.59. The summed E-state index contributed by atoms with van der Waals surface area (Å²) in [7, 11) is 0. The summed E-state index contributed by atoms with van der Waals surface area (Å²) in [6, 6.07) is 2.25. The van der Waals surface area contributed by atoms with Gasteiger partial charge >= 0.3 is 0 Å². The van der Waals surface area contributed by atoms with Crippen molar-refractivity contribution in [2.75, 3.05) is 19.8 Å². The van der Waals surface area contributed by atoms with E-state index >= 15 is 0 Å². The van der Waals surface area contributed by atoms with Crippen LogP contribution >= 0.6 is 27.3 Å². The molecule has 1 aliphatic heterocycles. The number of ether oxygens (including phenoxy) is 1. The van der Waals surface area contributed by atoms with Crippen LogP contribution in [0.5, 0.6) is 0 Å². The molecule has 1 saturated heterocycles. The van der Waals surface area contributed by atoms with Crippen LogP contribution in [-0.2, 0) is 10.2 Å². The quantitative estimate of drug-likeness (QED) is 0.932. The third-order valence-corrected chi connectivity index (χ3v) is 6.35. The molecule has 1 aromatic heterocycles. The van der Waals surface area contributed by atoms with Crippen LogP contribution in [0, 0.1) is 5.41 Å². The molecule has 0 amide bonds. The van der Waals surface area contributed by atoms with Gasteiger partial charge in [0.25, 0.3) is 0 Å². The molecule has 2 nitrogen and oxygen atoms in total. The van der Waals surface area contributed by atoms with Crippen molar-refractivity contribution in [1.82, 2.24) is 0 Å². The van der Waals surface area contributed by atoms with Gasteiger partial charge in [0.05, 0.1) is 18.6 Å². The first kappa shape index (κ1) is 11.2. The van der Waals surface area contributed by atoms with Crippen molar-refractivity contribution in [3.8, 4) is 0 Å². The molecule has 0 spiro atoms. The third kappa shape index (κ3) is 1.30. The van der Waals surface area contributed by atoms with Gasteiger partial charge in [-0.2, -0.15) is 0 Å². The summed E-state index contributed by atoms with van der Waals surface area (Å²) in [5, 5.41) is 2.16. The highest BCUT2D eigenvalue weighted by Gasteiger charge is 2.59. The van der Waals surface area contributed by atoms with Crippen molar-refractivity contribution in [3.63, 3.8) is 0 Å². The molecule has 1 aromatic rings. The molecule has 4 heteroatoms. The maximum absolute atomic E-state index is 6.05. The molecular weight excluding hydrogens is 286 g/mol. The summed E-state index contributed by atoms with van der Waals surface area (Å²) in [6.07, 6.45) is 3.86. The monoisotopic (exact) mass is 301 g/mol. The smallest absolute Gasteiger partial charge is 0.0599 e. The number of hydrogen-bond acceptors (Lipinski definition) is 3. The van der Waals surface area contributed by atoms with Crippen LogP contribution in [0.15, 0.2) is 15.9 Å². The molecule has 88 valence electrons. The van der Waals surface area contributed by atoms with E-state index < -0.39 is 0 Å². The predicted molar refractivity (Wildman–Crippen MR) is 69.9 cm³/mol. The highest BCUT2D eigenvalue weighted by molar-refractivity contribution is 9.10. The zero-order valence-corrected chi connectivity index (χ0v) is 11.6. The van der Waals surface area contributed by atoms with Crippen LogP contribution in [0.2, 0.25) is 0 Å². The van der Waals surface area contributed by atoms with Crippen molar-refractivity contribution >= 4 is 27.3 Å². The van der Waals surface area contributed by atoms with Gasteiger partial charge in [0.2, 0.25) is 0 Å². The van der Waals surface area contributed by atoms with E-state index in [0.29, 0.717) is 5.41 Å². The summed E-state index contributed by atoms with van der Waals surface area (Å²) in [5.74, 6) is 0. The Bertz CT molecular complexity index is 390. The molecule has 3 rings (SSSR count). The van der Waals surface area contributed by atoms with Crippen molar-refractivity contribution < 1.29 is 4.74 Å². The van der Waals surface area contributed by atoms with Crippen molar-refractivity contribution in [1.29, 1.82) is 0 Å². The summed E-state index contributed by atoms with van der Waals surface area (Å²) in [6.45, 7) is 2.51. The summed E-state index contributed by atoms with van der Waals surface area (Å²) >= 11 is 5.39.